The number of hydrogen-bond acceptors (Lipinski definition) is 7. The van der Waals surface area contributed by atoms with Crippen LogP contribution in [0.25, 0.3) is 21.6 Å². The van der Waals surface area contributed by atoms with Gasteiger partial charge in [-0.25, -0.2) is 4.98 Å². The summed E-state index contributed by atoms with van der Waals surface area (Å²) in [5.41, 5.74) is 2.84. The van der Waals surface area contributed by atoms with E-state index in [2.05, 4.69) is 24.0 Å². The van der Waals surface area contributed by atoms with Crippen molar-refractivity contribution in [2.24, 2.45) is 5.92 Å². The molecule has 0 aliphatic rings. The number of rotatable bonds is 7. The quantitative estimate of drug-likeness (QED) is 0.300. The van der Waals surface area contributed by atoms with Crippen LogP contribution in [0.1, 0.15) is 31.7 Å². The topological polar surface area (TPSA) is 73.8 Å². The van der Waals surface area contributed by atoms with Crippen LogP contribution < -0.4 is 5.56 Å². The standard InChI is InChI=1S/C21H22N4O2S2/c1-13(2)7-9-25-20(26)18-16(8-10-28-18)22-21(25)29-12-17-23-19(24-27-17)15-6-4-5-14(3)11-15/h4-6,8,10-11,13H,7,9,12H2,1-3H3. The van der Waals surface area contributed by atoms with Crippen molar-refractivity contribution in [2.75, 3.05) is 0 Å². The zero-order valence-corrected chi connectivity index (χ0v) is 18.2. The molecule has 150 valence electrons. The molecule has 0 N–H and O–H groups in total. The number of aryl methyl sites for hydroxylation is 1. The molecular formula is C21H22N4O2S2. The lowest BCUT2D eigenvalue weighted by Gasteiger charge is -2.12. The summed E-state index contributed by atoms with van der Waals surface area (Å²) in [5, 5.41) is 6.69. The van der Waals surface area contributed by atoms with E-state index in [4.69, 9.17) is 9.51 Å². The molecule has 6 nitrogen and oxygen atoms in total. The molecule has 8 heteroatoms. The average Bonchev–Trinajstić information content (AvgIpc) is 3.35. The summed E-state index contributed by atoms with van der Waals surface area (Å²) in [6.45, 7) is 6.99. The molecule has 4 aromatic rings. The van der Waals surface area contributed by atoms with Crippen LogP contribution in [0, 0.1) is 12.8 Å². The van der Waals surface area contributed by atoms with Crippen molar-refractivity contribution in [1.82, 2.24) is 19.7 Å². The maximum absolute atomic E-state index is 12.9. The zero-order chi connectivity index (χ0) is 20.4. The maximum atomic E-state index is 12.9. The van der Waals surface area contributed by atoms with E-state index in [0.717, 1.165) is 23.1 Å². The Morgan fingerprint density at radius 1 is 1.24 bits per heavy atom. The van der Waals surface area contributed by atoms with Crippen LogP contribution in [0.3, 0.4) is 0 Å². The average molecular weight is 427 g/mol. The van der Waals surface area contributed by atoms with Gasteiger partial charge in [0.25, 0.3) is 5.56 Å². The minimum Gasteiger partial charge on any atom is -0.338 e. The van der Waals surface area contributed by atoms with E-state index < -0.39 is 0 Å². The molecule has 0 bridgehead atoms. The van der Waals surface area contributed by atoms with Crippen LogP contribution in [-0.4, -0.2) is 19.7 Å². The fraction of sp³-hybridized carbons (Fsp3) is 0.333. The summed E-state index contributed by atoms with van der Waals surface area (Å²) >= 11 is 2.90. The lowest BCUT2D eigenvalue weighted by Crippen LogP contribution is -2.23. The normalized spacial score (nSPS) is 11.6. The highest BCUT2D eigenvalue weighted by Gasteiger charge is 2.15. The smallest absolute Gasteiger partial charge is 0.272 e. The Balaban J connectivity index is 1.58. The summed E-state index contributed by atoms with van der Waals surface area (Å²) < 4.78 is 7.91. The third-order valence-corrected chi connectivity index (χ3v) is 6.38. The number of hydrogen-bond donors (Lipinski definition) is 0. The number of thiophene rings is 1. The van der Waals surface area contributed by atoms with Crippen LogP contribution in [0.4, 0.5) is 0 Å². The van der Waals surface area contributed by atoms with Gasteiger partial charge in [0.2, 0.25) is 11.7 Å². The minimum absolute atomic E-state index is 0.0270. The lowest BCUT2D eigenvalue weighted by atomic mass is 10.1. The van der Waals surface area contributed by atoms with Crippen molar-refractivity contribution in [3.05, 3.63) is 57.5 Å². The molecule has 0 fully saturated rings. The third kappa shape index (κ3) is 4.43. The molecule has 3 heterocycles. The second-order valence-corrected chi connectivity index (χ2v) is 9.20. The predicted octanol–water partition coefficient (Wildman–Crippen LogP) is 5.15. The monoisotopic (exact) mass is 426 g/mol. The summed E-state index contributed by atoms with van der Waals surface area (Å²) in [4.78, 5) is 22.1. The fourth-order valence-electron chi connectivity index (χ4n) is 2.96. The van der Waals surface area contributed by atoms with Gasteiger partial charge in [-0.15, -0.1) is 11.3 Å². The van der Waals surface area contributed by atoms with Gasteiger partial charge in [0.15, 0.2) is 5.16 Å². The molecule has 0 radical (unpaired) electrons. The van der Waals surface area contributed by atoms with Crippen LogP contribution in [0.5, 0.6) is 0 Å². The first-order valence-electron chi connectivity index (χ1n) is 9.51. The Labute approximate surface area is 177 Å². The summed E-state index contributed by atoms with van der Waals surface area (Å²) in [7, 11) is 0. The van der Waals surface area contributed by atoms with E-state index in [1.807, 2.05) is 42.6 Å². The van der Waals surface area contributed by atoms with Gasteiger partial charge >= 0.3 is 0 Å². The molecule has 0 aliphatic carbocycles. The molecule has 4 rings (SSSR count). The van der Waals surface area contributed by atoms with E-state index in [9.17, 15) is 4.79 Å². The molecule has 0 aliphatic heterocycles. The van der Waals surface area contributed by atoms with Crippen LogP contribution >= 0.6 is 23.1 Å². The Kier molecular flexibility index (Phi) is 5.82. The van der Waals surface area contributed by atoms with Gasteiger partial charge in [-0.3, -0.25) is 9.36 Å². The van der Waals surface area contributed by atoms with Gasteiger partial charge in [-0.1, -0.05) is 54.5 Å². The number of thioether (sulfide) groups is 1. The SMILES string of the molecule is Cc1cccc(-c2noc(CSc3nc4ccsc4c(=O)n3CCC(C)C)n2)c1. The first kappa shape index (κ1) is 19.8. The summed E-state index contributed by atoms with van der Waals surface area (Å²) in [6.07, 6.45) is 0.921. The molecule has 0 atom stereocenters. The summed E-state index contributed by atoms with van der Waals surface area (Å²) in [5.74, 6) is 2.05. The largest absolute Gasteiger partial charge is 0.338 e. The van der Waals surface area contributed by atoms with Crippen LogP contribution in [0.2, 0.25) is 0 Å². The van der Waals surface area contributed by atoms with Gasteiger partial charge < -0.3 is 4.52 Å². The molecule has 0 saturated heterocycles. The van der Waals surface area contributed by atoms with Crippen molar-refractivity contribution >= 4 is 33.3 Å². The number of nitrogens with zero attached hydrogens (tertiary/aromatic N) is 4. The Morgan fingerprint density at radius 2 is 2.10 bits per heavy atom. The van der Waals surface area contributed by atoms with Crippen molar-refractivity contribution in [2.45, 2.75) is 44.6 Å². The van der Waals surface area contributed by atoms with Crippen LogP contribution in [-0.2, 0) is 12.3 Å². The number of benzene rings is 1. The fourth-order valence-corrected chi connectivity index (χ4v) is 4.60. The first-order chi connectivity index (χ1) is 14.0. The van der Waals surface area contributed by atoms with Gasteiger partial charge in [0.1, 0.15) is 4.70 Å². The highest BCUT2D eigenvalue weighted by Crippen LogP contribution is 2.25. The Morgan fingerprint density at radius 3 is 2.90 bits per heavy atom. The highest BCUT2D eigenvalue weighted by molar-refractivity contribution is 7.98. The second-order valence-electron chi connectivity index (χ2n) is 7.34. The van der Waals surface area contributed by atoms with E-state index in [-0.39, 0.29) is 5.56 Å². The summed E-state index contributed by atoms with van der Waals surface area (Å²) in [6, 6.07) is 9.88. The molecule has 0 amide bonds. The Bertz CT molecular complexity index is 1190. The van der Waals surface area contributed by atoms with Crippen LogP contribution in [0.15, 0.2) is 50.2 Å². The van der Waals surface area contributed by atoms with E-state index >= 15 is 0 Å². The number of fused-ring (bicyclic) bond motifs is 1. The minimum atomic E-state index is 0.0270. The molecule has 3 aromatic heterocycles. The highest BCUT2D eigenvalue weighted by atomic mass is 32.2. The Hall–Kier alpha value is -2.45. The molecular weight excluding hydrogens is 404 g/mol. The molecule has 0 spiro atoms. The number of aromatic nitrogens is 4. The van der Waals surface area contributed by atoms with E-state index in [0.29, 0.717) is 39.8 Å². The van der Waals surface area contributed by atoms with Crippen molar-refractivity contribution in [3.63, 3.8) is 0 Å². The van der Waals surface area contributed by atoms with Gasteiger partial charge in [-0.05, 0) is 36.8 Å². The molecule has 0 saturated carbocycles. The molecule has 29 heavy (non-hydrogen) atoms. The first-order valence-corrected chi connectivity index (χ1v) is 11.4. The molecule has 1 aromatic carbocycles. The van der Waals surface area contributed by atoms with Gasteiger partial charge in [-0.2, -0.15) is 4.98 Å². The third-order valence-electron chi connectivity index (χ3n) is 4.53. The zero-order valence-electron chi connectivity index (χ0n) is 16.6. The van der Waals surface area contributed by atoms with E-state index in [1.165, 1.54) is 23.1 Å². The molecule has 0 unspecified atom stereocenters. The van der Waals surface area contributed by atoms with Crippen molar-refractivity contribution in [1.29, 1.82) is 0 Å². The van der Waals surface area contributed by atoms with Crippen molar-refractivity contribution < 1.29 is 4.52 Å². The lowest BCUT2D eigenvalue weighted by molar-refractivity contribution is 0.391. The van der Waals surface area contributed by atoms with Gasteiger partial charge in [0.05, 0.1) is 11.3 Å². The van der Waals surface area contributed by atoms with E-state index in [1.54, 1.807) is 4.57 Å². The predicted molar refractivity (Wildman–Crippen MR) is 117 cm³/mol. The van der Waals surface area contributed by atoms with Gasteiger partial charge in [0, 0.05) is 12.1 Å². The van der Waals surface area contributed by atoms with Crippen molar-refractivity contribution in [3.8, 4) is 11.4 Å². The maximum Gasteiger partial charge on any atom is 0.272 e. The second kappa shape index (κ2) is 8.51.